The summed E-state index contributed by atoms with van der Waals surface area (Å²) < 4.78 is 13.7. The highest BCUT2D eigenvalue weighted by molar-refractivity contribution is 6.09. The Labute approximate surface area is 219 Å². The Morgan fingerprint density at radius 3 is 2.32 bits per heavy atom. The minimum atomic E-state index is -1.53. The van der Waals surface area contributed by atoms with Gasteiger partial charge in [-0.05, 0) is 58.7 Å². The van der Waals surface area contributed by atoms with E-state index in [0.29, 0.717) is 29.9 Å². The van der Waals surface area contributed by atoms with E-state index < -0.39 is 17.3 Å². The van der Waals surface area contributed by atoms with Crippen molar-refractivity contribution in [2.24, 2.45) is 10.7 Å². The maximum absolute atomic E-state index is 14.0. The van der Waals surface area contributed by atoms with Crippen LogP contribution in [-0.2, 0) is 30.0 Å². The summed E-state index contributed by atoms with van der Waals surface area (Å²) in [5, 5.41) is 0. The van der Waals surface area contributed by atoms with Gasteiger partial charge >= 0.3 is 0 Å². The monoisotopic (exact) mass is 505 g/mol. The molecule has 0 saturated heterocycles. The van der Waals surface area contributed by atoms with Crippen molar-refractivity contribution in [3.8, 4) is 0 Å². The molecule has 4 aromatic rings. The second-order valence-electron chi connectivity index (χ2n) is 9.42. The number of aliphatic imine (C=N–C) groups is 1. The molecule has 38 heavy (non-hydrogen) atoms. The van der Waals surface area contributed by atoms with Crippen molar-refractivity contribution in [3.05, 3.63) is 137 Å². The first-order valence-corrected chi connectivity index (χ1v) is 12.3. The van der Waals surface area contributed by atoms with Crippen LogP contribution >= 0.6 is 0 Å². The summed E-state index contributed by atoms with van der Waals surface area (Å²) in [7, 11) is 0. The van der Waals surface area contributed by atoms with E-state index in [9.17, 15) is 14.0 Å². The van der Waals surface area contributed by atoms with Crippen molar-refractivity contribution in [2.75, 3.05) is 0 Å². The molecule has 3 heterocycles. The van der Waals surface area contributed by atoms with Crippen molar-refractivity contribution in [1.29, 1.82) is 0 Å². The molecule has 1 unspecified atom stereocenters. The van der Waals surface area contributed by atoms with Crippen LogP contribution < -0.4 is 5.73 Å². The maximum Gasteiger partial charge on any atom is 0.268 e. The number of pyridine rings is 1. The fourth-order valence-corrected chi connectivity index (χ4v) is 5.15. The quantitative estimate of drug-likeness (QED) is 0.444. The van der Waals surface area contributed by atoms with E-state index in [4.69, 9.17) is 5.73 Å². The molecule has 0 aliphatic carbocycles. The lowest BCUT2D eigenvalue weighted by Gasteiger charge is -2.26. The summed E-state index contributed by atoms with van der Waals surface area (Å²) in [5.74, 6) is -0.873. The number of carbonyl (C=O) groups is 2. The van der Waals surface area contributed by atoms with Crippen molar-refractivity contribution >= 4 is 17.8 Å². The molecular weight excluding hydrogens is 481 g/mol. The van der Waals surface area contributed by atoms with E-state index in [1.807, 2.05) is 30.3 Å². The molecule has 1 atom stereocenters. The smallest absolute Gasteiger partial charge is 0.268 e. The van der Waals surface area contributed by atoms with Crippen LogP contribution in [0.25, 0.3) is 0 Å². The number of hydrogen-bond acceptors (Lipinski definition) is 5. The molecule has 188 valence electrons. The van der Waals surface area contributed by atoms with Crippen LogP contribution in [-0.4, -0.2) is 32.6 Å². The molecule has 3 aromatic carbocycles. The largest absolute Gasteiger partial charge is 0.369 e. The third kappa shape index (κ3) is 3.91. The lowest BCUT2D eigenvalue weighted by molar-refractivity contribution is -0.130. The van der Waals surface area contributed by atoms with Gasteiger partial charge in [0, 0.05) is 24.8 Å². The van der Waals surface area contributed by atoms with E-state index in [0.717, 1.165) is 16.7 Å². The fraction of sp³-hybridized carbons (Fsp3) is 0.133. The van der Waals surface area contributed by atoms with Gasteiger partial charge in [-0.3, -0.25) is 19.5 Å². The Balaban J connectivity index is 1.29. The Kier molecular flexibility index (Phi) is 5.72. The van der Waals surface area contributed by atoms with Crippen LogP contribution in [0.2, 0.25) is 0 Å². The molecule has 0 bridgehead atoms. The molecule has 2 N–H and O–H groups in total. The van der Waals surface area contributed by atoms with E-state index >= 15 is 0 Å². The second kappa shape index (κ2) is 9.23. The molecular formula is C30H24FN5O2. The molecule has 2 aliphatic heterocycles. The molecule has 1 aromatic heterocycles. The summed E-state index contributed by atoms with van der Waals surface area (Å²) in [6.07, 6.45) is 1.58. The minimum absolute atomic E-state index is 0.0247. The molecule has 0 radical (unpaired) electrons. The number of aromatic nitrogens is 1. The van der Waals surface area contributed by atoms with Gasteiger partial charge in [0.1, 0.15) is 5.82 Å². The molecule has 8 heteroatoms. The van der Waals surface area contributed by atoms with Crippen LogP contribution in [0.5, 0.6) is 0 Å². The first-order valence-electron chi connectivity index (χ1n) is 12.3. The minimum Gasteiger partial charge on any atom is -0.369 e. The number of benzene rings is 3. The number of nitrogens with two attached hydrogens (primary N) is 1. The van der Waals surface area contributed by atoms with Crippen LogP contribution in [0.15, 0.2) is 102 Å². The average molecular weight is 506 g/mol. The molecule has 2 aliphatic rings. The van der Waals surface area contributed by atoms with Crippen molar-refractivity contribution < 1.29 is 14.0 Å². The molecule has 7 nitrogen and oxygen atoms in total. The Morgan fingerprint density at radius 2 is 1.63 bits per heavy atom. The number of carbonyl (C=O) groups excluding carboxylic acids is 2. The van der Waals surface area contributed by atoms with Gasteiger partial charge in [0.15, 0.2) is 5.96 Å². The van der Waals surface area contributed by atoms with Crippen LogP contribution in [0.3, 0.4) is 0 Å². The van der Waals surface area contributed by atoms with Crippen molar-refractivity contribution in [1.82, 2.24) is 14.8 Å². The fourth-order valence-electron chi connectivity index (χ4n) is 5.15. The summed E-state index contributed by atoms with van der Waals surface area (Å²) >= 11 is 0. The molecule has 0 fully saturated rings. The van der Waals surface area contributed by atoms with Crippen molar-refractivity contribution in [3.63, 3.8) is 0 Å². The second-order valence-corrected chi connectivity index (χ2v) is 9.42. The zero-order valence-corrected chi connectivity index (χ0v) is 20.4. The SMILES string of the molecule is NC1=NC(c2ccc(F)cc2)(c2ccccn2)C(=O)N1Cc1cccc(C(=O)N2Cc3ccccc3C2)c1. The molecule has 6 rings (SSSR count). The highest BCUT2D eigenvalue weighted by Crippen LogP contribution is 2.39. The summed E-state index contributed by atoms with van der Waals surface area (Å²) in [6, 6.07) is 26.0. The van der Waals surface area contributed by atoms with Gasteiger partial charge in [0.25, 0.3) is 11.8 Å². The van der Waals surface area contributed by atoms with Crippen LogP contribution in [0.4, 0.5) is 4.39 Å². The molecule has 2 amide bonds. The van der Waals surface area contributed by atoms with Crippen LogP contribution in [0, 0.1) is 5.82 Å². The average Bonchev–Trinajstić information content (AvgIpc) is 3.49. The van der Waals surface area contributed by atoms with E-state index in [1.54, 1.807) is 47.5 Å². The number of fused-ring (bicyclic) bond motifs is 1. The van der Waals surface area contributed by atoms with Crippen LogP contribution in [0.1, 0.15) is 38.3 Å². The van der Waals surface area contributed by atoms with Gasteiger partial charge in [0.05, 0.1) is 12.2 Å². The Hall–Kier alpha value is -4.85. The Bertz CT molecular complexity index is 1550. The van der Waals surface area contributed by atoms with Gasteiger partial charge < -0.3 is 10.6 Å². The van der Waals surface area contributed by atoms with Gasteiger partial charge in [-0.25, -0.2) is 9.38 Å². The number of nitrogens with zero attached hydrogens (tertiary/aromatic N) is 4. The lowest BCUT2D eigenvalue weighted by Crippen LogP contribution is -2.43. The third-order valence-corrected chi connectivity index (χ3v) is 7.05. The number of hydrogen-bond donors (Lipinski definition) is 1. The molecule has 0 saturated carbocycles. The van der Waals surface area contributed by atoms with E-state index in [2.05, 4.69) is 9.98 Å². The number of amides is 2. The maximum atomic E-state index is 14.0. The van der Waals surface area contributed by atoms with Crippen molar-refractivity contribution in [2.45, 2.75) is 25.2 Å². The zero-order chi connectivity index (χ0) is 26.3. The highest BCUT2D eigenvalue weighted by atomic mass is 19.1. The predicted molar refractivity (Wildman–Crippen MR) is 140 cm³/mol. The van der Waals surface area contributed by atoms with Gasteiger partial charge in [0.2, 0.25) is 5.54 Å². The van der Waals surface area contributed by atoms with E-state index in [1.165, 1.54) is 29.2 Å². The number of halogens is 1. The molecule has 0 spiro atoms. The standard InChI is InChI=1S/C30H24FN5O2/c31-25-13-11-24(12-14-25)30(26-10-3-4-15-33-26)28(38)36(29(32)34-30)17-20-6-5-9-21(16-20)27(37)35-18-22-7-1-2-8-23(22)19-35/h1-16H,17-19H2,(H2,32,34). The summed E-state index contributed by atoms with van der Waals surface area (Å²) in [5.41, 5.74) is 9.20. The summed E-state index contributed by atoms with van der Waals surface area (Å²) in [6.45, 7) is 1.24. The zero-order valence-electron chi connectivity index (χ0n) is 20.4. The number of guanidine groups is 1. The number of rotatable bonds is 5. The van der Waals surface area contributed by atoms with Gasteiger partial charge in [-0.15, -0.1) is 0 Å². The highest BCUT2D eigenvalue weighted by Gasteiger charge is 2.51. The first-order chi connectivity index (χ1) is 18.5. The van der Waals surface area contributed by atoms with Gasteiger partial charge in [-0.1, -0.05) is 54.6 Å². The normalized spacial score (nSPS) is 18.4. The predicted octanol–water partition coefficient (Wildman–Crippen LogP) is 3.98. The topological polar surface area (TPSA) is 91.9 Å². The third-order valence-electron chi connectivity index (χ3n) is 7.05. The van der Waals surface area contributed by atoms with Gasteiger partial charge in [-0.2, -0.15) is 0 Å². The lowest BCUT2D eigenvalue weighted by atomic mass is 9.86. The Morgan fingerprint density at radius 1 is 0.921 bits per heavy atom. The van der Waals surface area contributed by atoms with E-state index in [-0.39, 0.29) is 18.4 Å². The summed E-state index contributed by atoms with van der Waals surface area (Å²) in [4.78, 5) is 39.5. The first kappa shape index (κ1) is 23.5.